The summed E-state index contributed by atoms with van der Waals surface area (Å²) in [5.41, 5.74) is 2.16. The Hall–Kier alpha value is -2.14. The first-order valence-corrected chi connectivity index (χ1v) is 10.6. The molecule has 2 N–H and O–H groups in total. The van der Waals surface area contributed by atoms with Gasteiger partial charge in [-0.25, -0.2) is 4.79 Å². The van der Waals surface area contributed by atoms with E-state index in [-0.39, 0.29) is 5.70 Å². The first-order valence-electron chi connectivity index (χ1n) is 8.43. The third-order valence-corrected chi connectivity index (χ3v) is 5.85. The fourth-order valence-corrected chi connectivity index (χ4v) is 5.06. The second-order valence-corrected chi connectivity index (χ2v) is 8.57. The number of halogens is 2. The number of ether oxygens (including phenoxy) is 1. The standard InChI is InChI=1S/C21H14I2N2O3/c22-16-8-13(10-18-20(26)25-21(27)24-18)9-17(23)19(16)28-11-12-5-6-14-3-1-2-4-15(14)7-12/h1-10H,11H2,(H2,24,25,26,27)/b18-10+. The first-order chi connectivity index (χ1) is 13.5. The third-order valence-electron chi connectivity index (χ3n) is 4.25. The number of benzene rings is 3. The van der Waals surface area contributed by atoms with E-state index in [1.54, 1.807) is 6.08 Å². The van der Waals surface area contributed by atoms with Crippen molar-refractivity contribution in [1.82, 2.24) is 10.6 Å². The average Bonchev–Trinajstić information content (AvgIpc) is 2.97. The van der Waals surface area contributed by atoms with Crippen LogP contribution in [0.1, 0.15) is 11.1 Å². The van der Waals surface area contributed by atoms with E-state index in [9.17, 15) is 9.59 Å². The molecule has 0 bridgehead atoms. The monoisotopic (exact) mass is 596 g/mol. The van der Waals surface area contributed by atoms with Gasteiger partial charge in [0.15, 0.2) is 0 Å². The highest BCUT2D eigenvalue weighted by Crippen LogP contribution is 2.31. The Morgan fingerprint density at radius 3 is 2.29 bits per heavy atom. The highest BCUT2D eigenvalue weighted by molar-refractivity contribution is 14.1. The third kappa shape index (κ3) is 4.14. The van der Waals surface area contributed by atoms with Gasteiger partial charge >= 0.3 is 6.03 Å². The van der Waals surface area contributed by atoms with Gasteiger partial charge in [-0.3, -0.25) is 10.1 Å². The lowest BCUT2D eigenvalue weighted by Gasteiger charge is -2.12. The zero-order valence-corrected chi connectivity index (χ0v) is 18.8. The number of urea groups is 1. The van der Waals surface area contributed by atoms with Gasteiger partial charge in [0.2, 0.25) is 0 Å². The summed E-state index contributed by atoms with van der Waals surface area (Å²) in [5.74, 6) is 0.378. The number of hydrogen-bond acceptors (Lipinski definition) is 3. The van der Waals surface area contributed by atoms with E-state index in [0.29, 0.717) is 6.61 Å². The van der Waals surface area contributed by atoms with Crippen molar-refractivity contribution < 1.29 is 14.3 Å². The van der Waals surface area contributed by atoms with Crippen LogP contribution in [0.25, 0.3) is 16.8 Å². The summed E-state index contributed by atoms with van der Waals surface area (Å²) in [6.45, 7) is 0.468. The summed E-state index contributed by atoms with van der Waals surface area (Å²) in [6, 6.07) is 17.9. The predicted molar refractivity (Wildman–Crippen MR) is 125 cm³/mol. The Bertz CT molecular complexity index is 1120. The van der Waals surface area contributed by atoms with Crippen molar-refractivity contribution in [2.45, 2.75) is 6.61 Å². The molecule has 3 aromatic rings. The van der Waals surface area contributed by atoms with Crippen LogP contribution in [0.4, 0.5) is 4.79 Å². The topological polar surface area (TPSA) is 67.4 Å². The minimum atomic E-state index is -0.504. The number of fused-ring (bicyclic) bond motifs is 1. The van der Waals surface area contributed by atoms with Gasteiger partial charge in [0, 0.05) is 0 Å². The van der Waals surface area contributed by atoms with Crippen LogP contribution in [-0.4, -0.2) is 11.9 Å². The number of carbonyl (C=O) groups is 2. The lowest BCUT2D eigenvalue weighted by atomic mass is 10.1. The predicted octanol–water partition coefficient (Wildman–Crippen LogP) is 4.81. The minimum Gasteiger partial charge on any atom is -0.487 e. The Morgan fingerprint density at radius 1 is 0.893 bits per heavy atom. The minimum absolute atomic E-state index is 0.237. The van der Waals surface area contributed by atoms with Gasteiger partial charge in [-0.15, -0.1) is 0 Å². The van der Waals surface area contributed by atoms with Gasteiger partial charge < -0.3 is 10.1 Å². The molecule has 3 amide bonds. The molecule has 1 fully saturated rings. The SMILES string of the molecule is O=C1NC(=O)/C(=C\c2cc(I)c(OCc3ccc4ccccc4c3)c(I)c2)N1. The molecule has 5 nitrogen and oxygen atoms in total. The number of nitrogens with one attached hydrogen (secondary N) is 2. The Labute approximate surface area is 188 Å². The molecule has 7 heteroatoms. The van der Waals surface area contributed by atoms with Gasteiger partial charge in [0.05, 0.1) is 7.14 Å². The summed E-state index contributed by atoms with van der Waals surface area (Å²) in [4.78, 5) is 22.9. The van der Waals surface area contributed by atoms with Crippen LogP contribution in [0.5, 0.6) is 5.75 Å². The Kier molecular flexibility index (Phi) is 5.54. The zero-order valence-electron chi connectivity index (χ0n) is 14.5. The van der Waals surface area contributed by atoms with Crippen molar-refractivity contribution >= 4 is 74.0 Å². The van der Waals surface area contributed by atoms with E-state index in [2.05, 4.69) is 86.1 Å². The largest absolute Gasteiger partial charge is 0.487 e. The van der Waals surface area contributed by atoms with Gasteiger partial charge in [-0.2, -0.15) is 0 Å². The summed E-state index contributed by atoms with van der Waals surface area (Å²) in [5, 5.41) is 7.08. The Morgan fingerprint density at radius 2 is 1.61 bits per heavy atom. The number of imide groups is 1. The van der Waals surface area contributed by atoms with E-state index in [4.69, 9.17) is 4.74 Å². The lowest BCUT2D eigenvalue weighted by molar-refractivity contribution is -0.115. The highest BCUT2D eigenvalue weighted by atomic mass is 127. The van der Waals surface area contributed by atoms with Gasteiger partial charge in [0.25, 0.3) is 5.91 Å². The number of amides is 3. The fraction of sp³-hybridized carbons (Fsp3) is 0.0476. The molecular weight excluding hydrogens is 582 g/mol. The van der Waals surface area contributed by atoms with Crippen molar-refractivity contribution in [3.05, 3.63) is 78.6 Å². The maximum Gasteiger partial charge on any atom is 0.326 e. The summed E-state index contributed by atoms with van der Waals surface area (Å²) in [7, 11) is 0. The maximum absolute atomic E-state index is 11.7. The molecular formula is C21H14I2N2O3. The average molecular weight is 596 g/mol. The zero-order chi connectivity index (χ0) is 19.7. The smallest absolute Gasteiger partial charge is 0.326 e. The lowest BCUT2D eigenvalue weighted by Crippen LogP contribution is -2.22. The van der Waals surface area contributed by atoms with Crippen LogP contribution >= 0.6 is 45.2 Å². The van der Waals surface area contributed by atoms with E-state index in [1.165, 1.54) is 10.8 Å². The molecule has 140 valence electrons. The van der Waals surface area contributed by atoms with Gasteiger partial charge in [-0.05, 0) is 91.4 Å². The molecule has 0 radical (unpaired) electrons. The van der Waals surface area contributed by atoms with Gasteiger partial charge in [-0.1, -0.05) is 36.4 Å². The fourth-order valence-electron chi connectivity index (χ4n) is 2.93. The van der Waals surface area contributed by atoms with Crippen molar-refractivity contribution in [2.24, 2.45) is 0 Å². The van der Waals surface area contributed by atoms with Crippen LogP contribution in [0, 0.1) is 7.14 Å². The molecule has 0 saturated carbocycles. The quantitative estimate of drug-likeness (QED) is 0.259. The molecule has 4 rings (SSSR count). The first kappa shape index (κ1) is 19.2. The molecule has 0 aromatic heterocycles. The van der Waals surface area contributed by atoms with Crippen LogP contribution < -0.4 is 15.4 Å². The van der Waals surface area contributed by atoms with E-state index in [0.717, 1.165) is 24.0 Å². The molecule has 1 heterocycles. The van der Waals surface area contributed by atoms with Gasteiger partial charge in [0.1, 0.15) is 18.1 Å². The second-order valence-electron chi connectivity index (χ2n) is 6.25. The van der Waals surface area contributed by atoms with E-state index >= 15 is 0 Å². The van der Waals surface area contributed by atoms with Crippen molar-refractivity contribution in [1.29, 1.82) is 0 Å². The molecule has 1 saturated heterocycles. The molecule has 28 heavy (non-hydrogen) atoms. The van der Waals surface area contributed by atoms with Crippen molar-refractivity contribution in [3.63, 3.8) is 0 Å². The maximum atomic E-state index is 11.7. The molecule has 3 aromatic carbocycles. The molecule has 1 aliphatic heterocycles. The number of rotatable bonds is 4. The van der Waals surface area contributed by atoms with Crippen LogP contribution in [0.3, 0.4) is 0 Å². The summed E-state index contributed by atoms with van der Waals surface area (Å²) < 4.78 is 7.95. The molecule has 1 aliphatic rings. The summed E-state index contributed by atoms with van der Waals surface area (Å²) >= 11 is 4.44. The summed E-state index contributed by atoms with van der Waals surface area (Å²) in [6.07, 6.45) is 1.65. The van der Waals surface area contributed by atoms with Crippen LogP contribution in [-0.2, 0) is 11.4 Å². The highest BCUT2D eigenvalue weighted by Gasteiger charge is 2.23. The van der Waals surface area contributed by atoms with Crippen molar-refractivity contribution in [3.8, 4) is 5.75 Å². The normalized spacial score (nSPS) is 15.0. The van der Waals surface area contributed by atoms with Crippen LogP contribution in [0.2, 0.25) is 0 Å². The molecule has 0 unspecified atom stereocenters. The van der Waals surface area contributed by atoms with E-state index < -0.39 is 11.9 Å². The molecule has 0 aliphatic carbocycles. The van der Waals surface area contributed by atoms with E-state index in [1.807, 2.05) is 24.3 Å². The van der Waals surface area contributed by atoms with Crippen LogP contribution in [0.15, 0.2) is 60.3 Å². The number of carbonyl (C=O) groups excluding carboxylic acids is 2. The molecule has 0 atom stereocenters. The molecule has 0 spiro atoms. The van der Waals surface area contributed by atoms with Crippen molar-refractivity contribution in [2.75, 3.05) is 0 Å². The Balaban J connectivity index is 1.54. The second kappa shape index (κ2) is 8.08. The number of hydrogen-bond donors (Lipinski definition) is 2.